The second-order valence-electron chi connectivity index (χ2n) is 9.73. The van der Waals surface area contributed by atoms with Gasteiger partial charge in [-0.05, 0) is 46.1 Å². The van der Waals surface area contributed by atoms with E-state index in [9.17, 15) is 18.0 Å². The number of anilines is 1. The summed E-state index contributed by atoms with van der Waals surface area (Å²) in [5.74, 6) is -0.387. The molecule has 35 heavy (non-hydrogen) atoms. The van der Waals surface area contributed by atoms with Gasteiger partial charge in [0.15, 0.2) is 5.58 Å². The number of nitrogens with zero attached hydrogens (tertiary/aromatic N) is 4. The van der Waals surface area contributed by atoms with Crippen molar-refractivity contribution in [2.45, 2.75) is 64.1 Å². The van der Waals surface area contributed by atoms with E-state index in [-0.39, 0.29) is 29.4 Å². The number of halogens is 3. The lowest BCUT2D eigenvalue weighted by Gasteiger charge is -2.49. The van der Waals surface area contributed by atoms with E-state index in [1.54, 1.807) is 11.6 Å². The molecule has 0 saturated carbocycles. The predicted octanol–water partition coefficient (Wildman–Crippen LogP) is 5.83. The second-order valence-corrected chi connectivity index (χ2v) is 10.6. The number of thiazole rings is 1. The van der Waals surface area contributed by atoms with Gasteiger partial charge in [0.2, 0.25) is 0 Å². The average Bonchev–Trinajstić information content (AvgIpc) is 3.39. The van der Waals surface area contributed by atoms with Crippen molar-refractivity contribution >= 4 is 34.5 Å². The van der Waals surface area contributed by atoms with Crippen molar-refractivity contribution < 1.29 is 31.9 Å². The Morgan fingerprint density at radius 3 is 2.49 bits per heavy atom. The van der Waals surface area contributed by atoms with Crippen LogP contribution in [0.3, 0.4) is 0 Å². The highest BCUT2D eigenvalue weighted by Crippen LogP contribution is 2.39. The fraction of sp³-hybridized carbons (Fsp3) is 0.522. The predicted molar refractivity (Wildman–Crippen MR) is 124 cm³/mol. The van der Waals surface area contributed by atoms with E-state index in [1.807, 2.05) is 30.6 Å². The molecule has 2 aromatic heterocycles. The summed E-state index contributed by atoms with van der Waals surface area (Å²) in [6.45, 7) is 6.49. The molecule has 2 unspecified atom stereocenters. The first-order valence-corrected chi connectivity index (χ1v) is 12.2. The number of rotatable bonds is 3. The van der Waals surface area contributed by atoms with Crippen LogP contribution < -0.4 is 9.64 Å². The van der Waals surface area contributed by atoms with Crippen LogP contribution in [0.15, 0.2) is 28.1 Å². The van der Waals surface area contributed by atoms with Crippen LogP contribution >= 0.6 is 11.3 Å². The number of oxazole rings is 1. The van der Waals surface area contributed by atoms with Gasteiger partial charge in [0, 0.05) is 30.7 Å². The van der Waals surface area contributed by atoms with Crippen LogP contribution in [0.5, 0.6) is 5.75 Å². The van der Waals surface area contributed by atoms with E-state index >= 15 is 0 Å². The topological polar surface area (TPSA) is 80.9 Å². The maximum absolute atomic E-state index is 12.9. The van der Waals surface area contributed by atoms with Gasteiger partial charge in [0.05, 0.1) is 17.6 Å². The SMILES string of the molecule is CC(C)(C)OC(=O)N1C2CCCC1CN(c1nc3cc(OC(F)(F)F)cc(-c4nccs4)c3o1)C2. The summed E-state index contributed by atoms with van der Waals surface area (Å²) >= 11 is 1.28. The number of hydrogen-bond acceptors (Lipinski definition) is 8. The van der Waals surface area contributed by atoms with Crippen molar-refractivity contribution in [3.8, 4) is 16.3 Å². The molecule has 5 rings (SSSR count). The Kier molecular flexibility index (Phi) is 5.81. The molecule has 2 saturated heterocycles. The van der Waals surface area contributed by atoms with Crippen LogP contribution in [0.2, 0.25) is 0 Å². The Labute approximate surface area is 203 Å². The van der Waals surface area contributed by atoms with Crippen LogP contribution in [0, 0.1) is 0 Å². The summed E-state index contributed by atoms with van der Waals surface area (Å²) in [5.41, 5.74) is 0.365. The number of ether oxygens (including phenoxy) is 2. The van der Waals surface area contributed by atoms with Gasteiger partial charge in [0.1, 0.15) is 21.9 Å². The number of piperazine rings is 1. The highest BCUT2D eigenvalue weighted by Gasteiger charge is 2.43. The third kappa shape index (κ3) is 5.02. The van der Waals surface area contributed by atoms with E-state index in [0.717, 1.165) is 19.3 Å². The summed E-state index contributed by atoms with van der Waals surface area (Å²) in [6.07, 6.45) is -0.958. The van der Waals surface area contributed by atoms with Gasteiger partial charge in [-0.2, -0.15) is 4.98 Å². The van der Waals surface area contributed by atoms with Crippen LogP contribution in [-0.2, 0) is 4.74 Å². The van der Waals surface area contributed by atoms with Crippen LogP contribution in [0.1, 0.15) is 40.0 Å². The third-order valence-corrected chi connectivity index (χ3v) is 6.75. The first kappa shape index (κ1) is 23.7. The lowest BCUT2D eigenvalue weighted by molar-refractivity contribution is -0.274. The highest BCUT2D eigenvalue weighted by atomic mass is 32.1. The quantitative estimate of drug-likeness (QED) is 0.439. The van der Waals surface area contributed by atoms with Gasteiger partial charge in [-0.3, -0.25) is 4.90 Å². The van der Waals surface area contributed by atoms with E-state index in [0.29, 0.717) is 35.3 Å². The van der Waals surface area contributed by atoms with Crippen LogP contribution in [0.25, 0.3) is 21.7 Å². The van der Waals surface area contributed by atoms with E-state index in [1.165, 1.54) is 23.5 Å². The molecule has 1 amide bonds. The Balaban J connectivity index is 1.47. The van der Waals surface area contributed by atoms with Crippen LogP contribution in [0.4, 0.5) is 24.0 Å². The maximum Gasteiger partial charge on any atom is 0.573 e. The molecule has 4 heterocycles. The summed E-state index contributed by atoms with van der Waals surface area (Å²) in [6, 6.07) is 2.62. The molecule has 0 N–H and O–H groups in total. The van der Waals surface area contributed by atoms with Crippen molar-refractivity contribution in [2.24, 2.45) is 0 Å². The number of alkyl halides is 3. The maximum atomic E-state index is 12.9. The molecule has 2 atom stereocenters. The normalized spacial score (nSPS) is 20.9. The minimum Gasteiger partial charge on any atom is -0.444 e. The first-order chi connectivity index (χ1) is 16.5. The van der Waals surface area contributed by atoms with Gasteiger partial charge < -0.3 is 18.8 Å². The molecule has 2 aliphatic rings. The van der Waals surface area contributed by atoms with E-state index in [4.69, 9.17) is 9.15 Å². The van der Waals surface area contributed by atoms with Gasteiger partial charge >= 0.3 is 12.5 Å². The van der Waals surface area contributed by atoms with Gasteiger partial charge in [-0.25, -0.2) is 9.78 Å². The molecule has 1 aromatic carbocycles. The average molecular weight is 511 g/mol. The van der Waals surface area contributed by atoms with E-state index < -0.39 is 12.0 Å². The number of carbonyl (C=O) groups is 1. The molecular weight excluding hydrogens is 485 g/mol. The minimum absolute atomic E-state index is 0.0741. The summed E-state index contributed by atoms with van der Waals surface area (Å²) < 4.78 is 54.7. The van der Waals surface area contributed by atoms with Gasteiger partial charge in [0.25, 0.3) is 6.01 Å². The second kappa shape index (κ2) is 8.58. The molecule has 12 heteroatoms. The number of benzene rings is 1. The fourth-order valence-electron chi connectivity index (χ4n) is 4.71. The van der Waals surface area contributed by atoms with E-state index in [2.05, 4.69) is 14.7 Å². The van der Waals surface area contributed by atoms with Crippen LogP contribution in [-0.4, -0.2) is 58.1 Å². The Hall–Kier alpha value is -3.02. The number of piperidine rings is 1. The molecule has 0 spiro atoms. The molecule has 188 valence electrons. The molecule has 2 fully saturated rings. The number of fused-ring (bicyclic) bond motifs is 3. The smallest absolute Gasteiger partial charge is 0.444 e. The lowest BCUT2D eigenvalue weighted by atomic mass is 9.92. The Morgan fingerprint density at radius 1 is 1.17 bits per heavy atom. The number of carbonyl (C=O) groups excluding carboxylic acids is 1. The molecule has 2 bridgehead atoms. The molecule has 0 aliphatic carbocycles. The number of hydrogen-bond donors (Lipinski definition) is 0. The summed E-state index contributed by atoms with van der Waals surface area (Å²) in [7, 11) is 0. The zero-order valence-electron chi connectivity index (χ0n) is 19.5. The van der Waals surface area contributed by atoms with Gasteiger partial charge in [-0.15, -0.1) is 24.5 Å². The minimum atomic E-state index is -4.84. The zero-order valence-corrected chi connectivity index (χ0v) is 20.3. The zero-order chi connectivity index (χ0) is 25.0. The number of aromatic nitrogens is 2. The molecular formula is C23H25F3N4O4S. The highest BCUT2D eigenvalue weighted by molar-refractivity contribution is 7.13. The molecule has 0 radical (unpaired) electrons. The first-order valence-electron chi connectivity index (χ1n) is 11.3. The van der Waals surface area contributed by atoms with Crippen molar-refractivity contribution in [1.82, 2.24) is 14.9 Å². The van der Waals surface area contributed by atoms with Crippen molar-refractivity contribution in [3.63, 3.8) is 0 Å². The monoisotopic (exact) mass is 510 g/mol. The molecule has 8 nitrogen and oxygen atoms in total. The lowest BCUT2D eigenvalue weighted by Crippen LogP contribution is -2.63. The summed E-state index contributed by atoms with van der Waals surface area (Å²) in [4.78, 5) is 25.4. The van der Waals surface area contributed by atoms with Gasteiger partial charge in [-0.1, -0.05) is 0 Å². The summed E-state index contributed by atoms with van der Waals surface area (Å²) in [5, 5.41) is 2.23. The molecule has 3 aromatic rings. The largest absolute Gasteiger partial charge is 0.573 e. The molecule has 2 aliphatic heterocycles. The Bertz CT molecular complexity index is 1210. The fourth-order valence-corrected chi connectivity index (χ4v) is 5.37. The van der Waals surface area contributed by atoms with Crippen molar-refractivity contribution in [3.05, 3.63) is 23.7 Å². The Morgan fingerprint density at radius 2 is 1.89 bits per heavy atom. The van der Waals surface area contributed by atoms with Crippen molar-refractivity contribution in [1.29, 1.82) is 0 Å². The van der Waals surface area contributed by atoms with Crippen molar-refractivity contribution in [2.75, 3.05) is 18.0 Å². The standard InChI is InChI=1S/C23H25F3N4O4S/c1-22(2,3)34-21(31)30-13-5-4-6-14(30)12-29(11-13)20-28-17-10-15(33-23(24,25)26)9-16(18(17)32-20)19-27-7-8-35-19/h7-10,13-14H,4-6,11-12H2,1-3H3. The number of amides is 1. The third-order valence-electron chi connectivity index (χ3n) is 5.95.